The van der Waals surface area contributed by atoms with E-state index >= 15 is 0 Å². The molecule has 0 bridgehead atoms. The van der Waals surface area contributed by atoms with Crippen LogP contribution >= 0.6 is 35.0 Å². The van der Waals surface area contributed by atoms with E-state index in [-0.39, 0.29) is 23.8 Å². The van der Waals surface area contributed by atoms with Crippen molar-refractivity contribution in [3.8, 4) is 0 Å². The summed E-state index contributed by atoms with van der Waals surface area (Å²) < 4.78 is 1.47. The van der Waals surface area contributed by atoms with Crippen LogP contribution in [0.4, 0.5) is 5.82 Å². The highest BCUT2D eigenvalue weighted by atomic mass is 35.5. The van der Waals surface area contributed by atoms with Gasteiger partial charge in [0.1, 0.15) is 5.82 Å². The van der Waals surface area contributed by atoms with Gasteiger partial charge in [-0.3, -0.25) is 14.2 Å². The first-order chi connectivity index (χ1) is 13.0. The number of benzene rings is 1. The molecule has 0 saturated carbocycles. The molecule has 0 spiro atoms. The minimum atomic E-state index is -0.277. The number of nitrogens with one attached hydrogen (secondary N) is 1. The minimum absolute atomic E-state index is 0.0555. The van der Waals surface area contributed by atoms with Crippen LogP contribution in [0.1, 0.15) is 0 Å². The Morgan fingerprint density at radius 2 is 2.04 bits per heavy atom. The molecule has 6 nitrogen and oxygen atoms in total. The molecule has 2 heterocycles. The van der Waals surface area contributed by atoms with E-state index in [4.69, 9.17) is 23.2 Å². The molecular formula is C18H14Cl2N4O2S. The van der Waals surface area contributed by atoms with Crippen LogP contribution in [0.15, 0.2) is 59.1 Å². The zero-order valence-corrected chi connectivity index (χ0v) is 16.3. The lowest BCUT2D eigenvalue weighted by Crippen LogP contribution is -2.24. The fourth-order valence-corrected chi connectivity index (χ4v) is 3.42. The summed E-state index contributed by atoms with van der Waals surface area (Å²) in [5.74, 6) is 0.173. The third-order valence-corrected chi connectivity index (χ3v) is 4.96. The van der Waals surface area contributed by atoms with Crippen LogP contribution in [0.3, 0.4) is 0 Å². The van der Waals surface area contributed by atoms with Gasteiger partial charge in [-0.15, -0.1) is 6.58 Å². The van der Waals surface area contributed by atoms with Crippen LogP contribution in [-0.2, 0) is 11.3 Å². The zero-order valence-electron chi connectivity index (χ0n) is 14.0. The van der Waals surface area contributed by atoms with Gasteiger partial charge in [0, 0.05) is 17.8 Å². The highest BCUT2D eigenvalue weighted by Gasteiger charge is 2.13. The van der Waals surface area contributed by atoms with Gasteiger partial charge in [0.15, 0.2) is 5.16 Å². The molecule has 0 aliphatic carbocycles. The van der Waals surface area contributed by atoms with Crippen molar-refractivity contribution < 1.29 is 4.79 Å². The Balaban J connectivity index is 1.83. The first kappa shape index (κ1) is 19.4. The second kappa shape index (κ2) is 8.56. The lowest BCUT2D eigenvalue weighted by atomic mass is 10.2. The second-order valence-electron chi connectivity index (χ2n) is 5.46. The molecular weight excluding hydrogens is 407 g/mol. The lowest BCUT2D eigenvalue weighted by molar-refractivity contribution is -0.113. The summed E-state index contributed by atoms with van der Waals surface area (Å²) in [6.07, 6.45) is 3.05. The molecule has 3 rings (SSSR count). The van der Waals surface area contributed by atoms with Crippen molar-refractivity contribution in [2.75, 3.05) is 11.1 Å². The number of pyridine rings is 1. The fraction of sp³-hybridized carbons (Fsp3) is 0.111. The number of amides is 1. The maximum Gasteiger partial charge on any atom is 0.262 e. The molecule has 0 saturated heterocycles. The standard InChI is InChI=1S/C18H14Cl2N4O2S/c1-2-7-24-17(26)13-5-3-11(19)8-14(13)22-18(24)27-10-16(25)23-15-6-4-12(20)9-21-15/h2-6,8-9H,1,7,10H2,(H,21,23,25). The number of hydrogen-bond donors (Lipinski definition) is 1. The molecule has 1 amide bonds. The van der Waals surface area contributed by atoms with Crippen LogP contribution in [0.5, 0.6) is 0 Å². The molecule has 0 fully saturated rings. The van der Waals surface area contributed by atoms with Crippen molar-refractivity contribution in [2.24, 2.45) is 0 Å². The number of hydrogen-bond acceptors (Lipinski definition) is 5. The number of halogens is 2. The summed E-state index contributed by atoms with van der Waals surface area (Å²) in [6.45, 7) is 3.96. The van der Waals surface area contributed by atoms with Gasteiger partial charge < -0.3 is 5.32 Å². The summed E-state index contributed by atoms with van der Waals surface area (Å²) >= 11 is 12.9. The van der Waals surface area contributed by atoms with E-state index in [2.05, 4.69) is 21.9 Å². The quantitative estimate of drug-likeness (QED) is 0.370. The van der Waals surface area contributed by atoms with Crippen LogP contribution in [-0.4, -0.2) is 26.2 Å². The molecule has 138 valence electrons. The number of carbonyl (C=O) groups is 1. The third kappa shape index (κ3) is 4.68. The summed E-state index contributed by atoms with van der Waals surface area (Å²) in [7, 11) is 0. The number of allylic oxidation sites excluding steroid dienone is 1. The second-order valence-corrected chi connectivity index (χ2v) is 7.27. The molecule has 1 N–H and O–H groups in total. The van der Waals surface area contributed by atoms with Gasteiger partial charge in [-0.05, 0) is 30.3 Å². The average Bonchev–Trinajstić information content (AvgIpc) is 2.64. The predicted octanol–water partition coefficient (Wildman–Crippen LogP) is 4.02. The number of fused-ring (bicyclic) bond motifs is 1. The van der Waals surface area contributed by atoms with E-state index < -0.39 is 0 Å². The van der Waals surface area contributed by atoms with Crippen LogP contribution < -0.4 is 10.9 Å². The normalized spacial score (nSPS) is 10.7. The molecule has 0 atom stereocenters. The van der Waals surface area contributed by atoms with Gasteiger partial charge >= 0.3 is 0 Å². The first-order valence-corrected chi connectivity index (χ1v) is 9.57. The van der Waals surface area contributed by atoms with Gasteiger partial charge in [0.2, 0.25) is 5.91 Å². The topological polar surface area (TPSA) is 76.9 Å². The molecule has 9 heteroatoms. The monoisotopic (exact) mass is 420 g/mol. The number of anilines is 1. The first-order valence-electron chi connectivity index (χ1n) is 7.83. The molecule has 3 aromatic rings. The summed E-state index contributed by atoms with van der Waals surface area (Å²) in [6, 6.07) is 8.14. The Labute approximate surface area is 169 Å². The molecule has 0 aliphatic heterocycles. The Morgan fingerprint density at radius 1 is 1.26 bits per heavy atom. The van der Waals surface area contributed by atoms with Gasteiger partial charge in [0.05, 0.1) is 21.7 Å². The molecule has 1 aromatic carbocycles. The van der Waals surface area contributed by atoms with E-state index in [0.29, 0.717) is 31.9 Å². The fourth-order valence-electron chi connectivity index (χ4n) is 2.33. The zero-order chi connectivity index (χ0) is 19.4. The maximum atomic E-state index is 12.7. The smallest absolute Gasteiger partial charge is 0.262 e. The predicted molar refractivity (Wildman–Crippen MR) is 110 cm³/mol. The van der Waals surface area contributed by atoms with E-state index in [1.807, 2.05) is 0 Å². The van der Waals surface area contributed by atoms with Gasteiger partial charge in [0.25, 0.3) is 5.56 Å². The summed E-state index contributed by atoms with van der Waals surface area (Å²) in [5, 5.41) is 4.50. The maximum absolute atomic E-state index is 12.7. The number of carbonyl (C=O) groups excluding carboxylic acids is 1. The Bertz CT molecular complexity index is 1070. The van der Waals surface area contributed by atoms with Crippen LogP contribution in [0.25, 0.3) is 10.9 Å². The van der Waals surface area contributed by atoms with Gasteiger partial charge in [-0.2, -0.15) is 0 Å². The number of thioether (sulfide) groups is 1. The van der Waals surface area contributed by atoms with Crippen molar-refractivity contribution in [1.82, 2.24) is 14.5 Å². The van der Waals surface area contributed by atoms with Crippen molar-refractivity contribution >= 4 is 57.6 Å². The third-order valence-electron chi connectivity index (χ3n) is 3.52. The van der Waals surface area contributed by atoms with Crippen molar-refractivity contribution in [3.63, 3.8) is 0 Å². The van der Waals surface area contributed by atoms with E-state index in [9.17, 15) is 9.59 Å². The highest BCUT2D eigenvalue weighted by Crippen LogP contribution is 2.21. The molecule has 0 radical (unpaired) electrons. The SMILES string of the molecule is C=CCn1c(SCC(=O)Nc2ccc(Cl)cn2)nc2cc(Cl)ccc2c1=O. The van der Waals surface area contributed by atoms with Crippen LogP contribution in [0, 0.1) is 0 Å². The Morgan fingerprint density at radius 3 is 2.74 bits per heavy atom. The van der Waals surface area contributed by atoms with E-state index in [1.165, 1.54) is 10.8 Å². The number of nitrogens with zero attached hydrogens (tertiary/aromatic N) is 3. The van der Waals surface area contributed by atoms with Crippen molar-refractivity contribution in [3.05, 3.63) is 69.6 Å². The Kier molecular flexibility index (Phi) is 6.15. The van der Waals surface area contributed by atoms with Crippen molar-refractivity contribution in [2.45, 2.75) is 11.7 Å². The van der Waals surface area contributed by atoms with Gasteiger partial charge in [-0.1, -0.05) is 41.0 Å². The van der Waals surface area contributed by atoms with Crippen molar-refractivity contribution in [1.29, 1.82) is 0 Å². The molecule has 0 aliphatic rings. The lowest BCUT2D eigenvalue weighted by Gasteiger charge is -2.11. The highest BCUT2D eigenvalue weighted by molar-refractivity contribution is 7.99. The largest absolute Gasteiger partial charge is 0.310 e. The number of rotatable bonds is 6. The van der Waals surface area contributed by atoms with Gasteiger partial charge in [-0.25, -0.2) is 9.97 Å². The van der Waals surface area contributed by atoms with E-state index in [0.717, 1.165) is 11.8 Å². The van der Waals surface area contributed by atoms with Crippen LogP contribution in [0.2, 0.25) is 10.0 Å². The summed E-state index contributed by atoms with van der Waals surface area (Å²) in [4.78, 5) is 33.4. The minimum Gasteiger partial charge on any atom is -0.310 e. The Hall–Kier alpha value is -2.35. The molecule has 2 aromatic heterocycles. The number of aromatic nitrogens is 3. The van der Waals surface area contributed by atoms with E-state index in [1.54, 1.807) is 36.4 Å². The molecule has 27 heavy (non-hydrogen) atoms. The molecule has 0 unspecified atom stereocenters. The average molecular weight is 421 g/mol. The summed E-state index contributed by atoms with van der Waals surface area (Å²) in [5.41, 5.74) is 0.272.